The molecule has 3 amide bonds. The number of nitrogens with one attached hydrogen (secondary N) is 1. The second-order valence-electron chi connectivity index (χ2n) is 8.85. The number of ether oxygens (including phenoxy) is 1. The van der Waals surface area contributed by atoms with E-state index in [0.29, 0.717) is 12.5 Å². The van der Waals surface area contributed by atoms with Crippen molar-refractivity contribution in [3.63, 3.8) is 0 Å². The van der Waals surface area contributed by atoms with Crippen LogP contribution in [0.3, 0.4) is 0 Å². The number of alkyl halides is 3. The van der Waals surface area contributed by atoms with Crippen LogP contribution in [0.5, 0.6) is 0 Å². The summed E-state index contributed by atoms with van der Waals surface area (Å²) < 4.78 is 46.4. The number of carbonyl (C=O) groups excluding carboxylic acids is 3. The van der Waals surface area contributed by atoms with Gasteiger partial charge in [-0.05, 0) is 49.8 Å². The van der Waals surface area contributed by atoms with Crippen molar-refractivity contribution in [3.8, 4) is 0 Å². The van der Waals surface area contributed by atoms with Crippen molar-refractivity contribution in [2.45, 2.75) is 50.4 Å². The van der Waals surface area contributed by atoms with Crippen molar-refractivity contribution in [3.05, 3.63) is 23.8 Å². The Morgan fingerprint density at radius 1 is 1.24 bits per heavy atom. The molecular weight excluding hydrogens is 441 g/mol. The Morgan fingerprint density at radius 2 is 1.97 bits per heavy atom. The largest absolute Gasteiger partial charge is 0.418 e. The van der Waals surface area contributed by atoms with Crippen LogP contribution in [0.25, 0.3) is 0 Å². The van der Waals surface area contributed by atoms with Crippen LogP contribution in [-0.2, 0) is 25.3 Å². The fraction of sp³-hybridized carbons (Fsp3) is 0.591. The summed E-state index contributed by atoms with van der Waals surface area (Å²) in [5, 5.41) is 2.44. The van der Waals surface area contributed by atoms with Gasteiger partial charge >= 0.3 is 6.18 Å². The van der Waals surface area contributed by atoms with Crippen LogP contribution in [-0.4, -0.2) is 61.0 Å². The lowest BCUT2D eigenvalue weighted by Gasteiger charge is -2.40. The summed E-state index contributed by atoms with van der Waals surface area (Å²) in [6.07, 6.45) is -0.0220. The van der Waals surface area contributed by atoms with E-state index in [0.717, 1.165) is 49.1 Å². The molecule has 3 aliphatic rings. The number of carbonyl (C=O) groups is 3. The molecule has 1 aromatic rings. The second kappa shape index (κ2) is 9.30. The first-order valence-corrected chi connectivity index (χ1v) is 11.1. The molecule has 0 radical (unpaired) electrons. The van der Waals surface area contributed by atoms with Gasteiger partial charge in [0.05, 0.1) is 17.9 Å². The maximum atomic E-state index is 13.8. The zero-order valence-corrected chi connectivity index (χ0v) is 18.1. The van der Waals surface area contributed by atoms with Crippen LogP contribution < -0.4 is 16.0 Å². The maximum absolute atomic E-state index is 13.8. The van der Waals surface area contributed by atoms with E-state index in [4.69, 9.17) is 10.5 Å². The first-order chi connectivity index (χ1) is 15.6. The van der Waals surface area contributed by atoms with E-state index in [9.17, 15) is 27.6 Å². The van der Waals surface area contributed by atoms with Gasteiger partial charge in [-0.15, -0.1) is 0 Å². The summed E-state index contributed by atoms with van der Waals surface area (Å²) >= 11 is 0. The van der Waals surface area contributed by atoms with Gasteiger partial charge < -0.3 is 20.7 Å². The lowest BCUT2D eigenvalue weighted by atomic mass is 9.89. The molecule has 1 aliphatic heterocycles. The van der Waals surface area contributed by atoms with E-state index in [1.165, 1.54) is 6.07 Å². The van der Waals surface area contributed by atoms with Gasteiger partial charge in [0.15, 0.2) is 6.04 Å². The van der Waals surface area contributed by atoms with Gasteiger partial charge in [-0.3, -0.25) is 19.3 Å². The van der Waals surface area contributed by atoms with E-state index < -0.39 is 35.5 Å². The van der Waals surface area contributed by atoms with Crippen LogP contribution >= 0.6 is 0 Å². The number of halogens is 3. The summed E-state index contributed by atoms with van der Waals surface area (Å²) in [5.74, 6) is -1.75. The Labute approximate surface area is 189 Å². The molecule has 1 atom stereocenters. The molecule has 1 heterocycles. The number of hydrogen-bond acceptors (Lipinski definition) is 5. The molecular formula is C22H27F3N4O4. The van der Waals surface area contributed by atoms with E-state index in [-0.39, 0.29) is 37.2 Å². The minimum Gasteiger partial charge on any atom is -0.370 e. The third-order valence-electron chi connectivity index (χ3n) is 6.41. The molecule has 0 spiro atoms. The number of amides is 3. The van der Waals surface area contributed by atoms with E-state index in [2.05, 4.69) is 5.32 Å². The monoisotopic (exact) mass is 468 g/mol. The Morgan fingerprint density at radius 3 is 2.52 bits per heavy atom. The van der Waals surface area contributed by atoms with Crippen LogP contribution in [0.15, 0.2) is 18.2 Å². The highest BCUT2D eigenvalue weighted by Crippen LogP contribution is 2.39. The number of benzene rings is 1. The molecule has 180 valence electrons. The van der Waals surface area contributed by atoms with E-state index in [1.54, 1.807) is 0 Å². The van der Waals surface area contributed by atoms with Crippen molar-refractivity contribution in [1.29, 1.82) is 0 Å². The Balaban J connectivity index is 1.58. The molecule has 2 saturated carbocycles. The summed E-state index contributed by atoms with van der Waals surface area (Å²) in [4.78, 5) is 40.2. The van der Waals surface area contributed by atoms with Crippen LogP contribution in [0.4, 0.5) is 24.5 Å². The maximum Gasteiger partial charge on any atom is 0.418 e. The van der Waals surface area contributed by atoms with Gasteiger partial charge in [0.25, 0.3) is 11.8 Å². The smallest absolute Gasteiger partial charge is 0.370 e. The lowest BCUT2D eigenvalue weighted by molar-refractivity contribution is -0.138. The van der Waals surface area contributed by atoms with Gasteiger partial charge in [-0.2, -0.15) is 13.2 Å². The third-order valence-corrected chi connectivity index (χ3v) is 6.41. The Bertz CT molecular complexity index is 931. The van der Waals surface area contributed by atoms with Gasteiger partial charge in [-0.25, -0.2) is 0 Å². The van der Waals surface area contributed by atoms with Crippen LogP contribution in [0.2, 0.25) is 0 Å². The molecule has 8 nitrogen and oxygen atoms in total. The molecule has 4 rings (SSSR count). The highest BCUT2D eigenvalue weighted by molar-refractivity contribution is 6.09. The van der Waals surface area contributed by atoms with Crippen molar-refractivity contribution < 1.29 is 32.3 Å². The highest BCUT2D eigenvalue weighted by Gasteiger charge is 2.41. The standard InChI is InChI=1S/C22H27F3N4O4/c23-22(24,25)16-10-14(6-7-17(16)28-8-9-33-12-18(28)30)27-21(32)19(20(26)31)29(11-13-4-5-13)15-2-1-3-15/h6-7,10,13,15,19H,1-5,8-9,11-12H2,(H2,26,31)(H,27,32)/t19-/m0/s1. The number of nitrogens with two attached hydrogens (primary N) is 1. The van der Waals surface area contributed by atoms with Crippen molar-refractivity contribution in [2.24, 2.45) is 11.7 Å². The van der Waals surface area contributed by atoms with Gasteiger partial charge in [-0.1, -0.05) is 6.42 Å². The van der Waals surface area contributed by atoms with Crippen LogP contribution in [0.1, 0.15) is 37.7 Å². The van der Waals surface area contributed by atoms with Gasteiger partial charge in [0, 0.05) is 24.8 Å². The Kier molecular flexibility index (Phi) is 6.62. The minimum atomic E-state index is -4.76. The zero-order valence-electron chi connectivity index (χ0n) is 18.1. The topological polar surface area (TPSA) is 105 Å². The quantitative estimate of drug-likeness (QED) is 0.569. The minimum absolute atomic E-state index is 0.00508. The molecule has 3 fully saturated rings. The lowest BCUT2D eigenvalue weighted by Crippen LogP contribution is -2.57. The fourth-order valence-electron chi connectivity index (χ4n) is 4.29. The van der Waals surface area contributed by atoms with Crippen molar-refractivity contribution in [2.75, 3.05) is 36.5 Å². The predicted octanol–water partition coefficient (Wildman–Crippen LogP) is 2.13. The normalized spacial score (nSPS) is 20.5. The second-order valence-corrected chi connectivity index (χ2v) is 8.85. The first-order valence-electron chi connectivity index (χ1n) is 11.1. The summed E-state index contributed by atoms with van der Waals surface area (Å²) in [7, 11) is 0. The van der Waals surface area contributed by atoms with Crippen LogP contribution in [0, 0.1) is 5.92 Å². The van der Waals surface area contributed by atoms with Gasteiger partial charge in [0.2, 0.25) is 5.91 Å². The Hall–Kier alpha value is -2.66. The molecule has 33 heavy (non-hydrogen) atoms. The highest BCUT2D eigenvalue weighted by atomic mass is 19.4. The number of morpholine rings is 1. The summed E-state index contributed by atoms with van der Waals surface area (Å²) in [5.41, 5.74) is 4.08. The average Bonchev–Trinajstić information content (AvgIpc) is 3.50. The molecule has 3 N–H and O–H groups in total. The molecule has 0 bridgehead atoms. The van der Waals surface area contributed by atoms with Crippen molar-refractivity contribution >= 4 is 29.1 Å². The molecule has 1 saturated heterocycles. The molecule has 11 heteroatoms. The van der Waals surface area contributed by atoms with Crippen molar-refractivity contribution in [1.82, 2.24) is 4.90 Å². The van der Waals surface area contributed by atoms with Gasteiger partial charge in [0.1, 0.15) is 6.61 Å². The summed E-state index contributed by atoms with van der Waals surface area (Å²) in [6.45, 7) is 0.389. The molecule has 2 aliphatic carbocycles. The molecule has 0 aromatic heterocycles. The molecule has 1 aromatic carbocycles. The number of primary amides is 1. The zero-order chi connectivity index (χ0) is 23.8. The SMILES string of the molecule is NC(=O)[C@@H](C(=O)Nc1ccc(N2CCOCC2=O)c(C(F)(F)F)c1)N(CC1CC1)C1CCC1. The first kappa shape index (κ1) is 23.5. The van der Waals surface area contributed by atoms with E-state index in [1.807, 2.05) is 4.90 Å². The molecule has 0 unspecified atom stereocenters. The van der Waals surface area contributed by atoms with E-state index >= 15 is 0 Å². The predicted molar refractivity (Wildman–Crippen MR) is 113 cm³/mol. The average molecular weight is 468 g/mol. The number of nitrogens with zero attached hydrogens (tertiary/aromatic N) is 2. The number of rotatable bonds is 8. The number of hydrogen-bond donors (Lipinski definition) is 2. The fourth-order valence-corrected chi connectivity index (χ4v) is 4.29. The third kappa shape index (κ3) is 5.30. The number of anilines is 2. The summed E-state index contributed by atoms with van der Waals surface area (Å²) in [6, 6.07) is 2.02.